The average molecular weight is 470 g/mol. The highest BCUT2D eigenvalue weighted by Gasteiger charge is 2.17. The van der Waals surface area contributed by atoms with Gasteiger partial charge in [-0.1, -0.05) is 51.8 Å². The first-order valence-electron chi connectivity index (χ1n) is 8.73. The summed E-state index contributed by atoms with van der Waals surface area (Å²) in [7, 11) is 0. The lowest BCUT2D eigenvalue weighted by atomic mass is 10.1. The van der Waals surface area contributed by atoms with Gasteiger partial charge < -0.3 is 10.2 Å². The summed E-state index contributed by atoms with van der Waals surface area (Å²) in [6, 6.07) is 16.8. The van der Waals surface area contributed by atoms with Crippen molar-refractivity contribution < 1.29 is 19.8 Å². The molecule has 0 bridgehead atoms. The molecule has 1 fully saturated rings. The van der Waals surface area contributed by atoms with Gasteiger partial charge in [0.15, 0.2) is 0 Å². The second-order valence-corrected chi connectivity index (χ2v) is 7.77. The standard InChI is InChI=1S/C18H20BrClN2.C2H2O4/c19-17-3-1-2-16(12-17)14-22-10-8-21(9-11-22)13-15-4-6-18(20)7-5-15;3-1(4)2(5)6/h1-7,12H,8-11,13-14H2;(H,3,4)(H,5,6). The molecule has 0 atom stereocenters. The van der Waals surface area contributed by atoms with Crippen LogP contribution >= 0.6 is 27.5 Å². The van der Waals surface area contributed by atoms with E-state index < -0.39 is 11.9 Å². The number of hydrogen-bond acceptors (Lipinski definition) is 4. The maximum absolute atomic E-state index is 9.10. The molecule has 6 nitrogen and oxygen atoms in total. The number of carboxylic acids is 2. The van der Waals surface area contributed by atoms with Crippen LogP contribution in [0.5, 0.6) is 0 Å². The molecule has 1 aliphatic heterocycles. The van der Waals surface area contributed by atoms with Crippen LogP contribution in [-0.2, 0) is 22.7 Å². The highest BCUT2D eigenvalue weighted by molar-refractivity contribution is 9.10. The highest BCUT2D eigenvalue weighted by Crippen LogP contribution is 2.16. The van der Waals surface area contributed by atoms with Gasteiger partial charge in [-0.3, -0.25) is 9.80 Å². The Labute approximate surface area is 177 Å². The third-order valence-electron chi connectivity index (χ3n) is 4.26. The number of rotatable bonds is 4. The molecule has 2 N–H and O–H groups in total. The van der Waals surface area contributed by atoms with Crippen molar-refractivity contribution in [2.45, 2.75) is 13.1 Å². The Morgan fingerprint density at radius 1 is 0.857 bits per heavy atom. The number of hydrogen-bond donors (Lipinski definition) is 2. The van der Waals surface area contributed by atoms with Crippen LogP contribution in [0.4, 0.5) is 0 Å². The van der Waals surface area contributed by atoms with Crippen LogP contribution in [0.3, 0.4) is 0 Å². The second kappa shape index (κ2) is 11.2. The van der Waals surface area contributed by atoms with E-state index in [0.717, 1.165) is 48.8 Å². The number of carbonyl (C=O) groups is 2. The molecule has 1 heterocycles. The molecule has 1 saturated heterocycles. The van der Waals surface area contributed by atoms with Crippen molar-refractivity contribution in [1.29, 1.82) is 0 Å². The Morgan fingerprint density at radius 3 is 1.82 bits per heavy atom. The molecule has 3 rings (SSSR count). The van der Waals surface area contributed by atoms with Crippen LogP contribution in [0.15, 0.2) is 53.0 Å². The van der Waals surface area contributed by atoms with Gasteiger partial charge in [-0.2, -0.15) is 0 Å². The lowest BCUT2D eigenvalue weighted by Crippen LogP contribution is -2.45. The molecule has 0 aliphatic carbocycles. The zero-order valence-electron chi connectivity index (χ0n) is 15.2. The molecular weight excluding hydrogens is 448 g/mol. The van der Waals surface area contributed by atoms with E-state index in [2.05, 4.69) is 62.1 Å². The predicted molar refractivity (Wildman–Crippen MR) is 111 cm³/mol. The first-order valence-corrected chi connectivity index (χ1v) is 9.90. The van der Waals surface area contributed by atoms with Gasteiger partial charge in [-0.25, -0.2) is 9.59 Å². The summed E-state index contributed by atoms with van der Waals surface area (Å²) in [6.07, 6.45) is 0. The Hall–Kier alpha value is -1.93. The van der Waals surface area contributed by atoms with Gasteiger partial charge in [0.25, 0.3) is 0 Å². The molecule has 0 saturated carbocycles. The average Bonchev–Trinajstić information content (AvgIpc) is 2.66. The smallest absolute Gasteiger partial charge is 0.414 e. The first kappa shape index (κ1) is 22.4. The van der Waals surface area contributed by atoms with Crippen molar-refractivity contribution >= 4 is 39.5 Å². The van der Waals surface area contributed by atoms with Crippen LogP contribution < -0.4 is 0 Å². The minimum atomic E-state index is -1.82. The Balaban J connectivity index is 0.000000409. The number of carboxylic acid groups (broad SMARTS) is 2. The fraction of sp³-hybridized carbons (Fsp3) is 0.300. The molecule has 0 aromatic heterocycles. The fourth-order valence-electron chi connectivity index (χ4n) is 2.85. The van der Waals surface area contributed by atoms with E-state index in [1.165, 1.54) is 11.1 Å². The van der Waals surface area contributed by atoms with Gasteiger partial charge >= 0.3 is 11.9 Å². The van der Waals surface area contributed by atoms with Crippen LogP contribution in [0.25, 0.3) is 0 Å². The molecule has 150 valence electrons. The van der Waals surface area contributed by atoms with Crippen LogP contribution in [0.1, 0.15) is 11.1 Å². The summed E-state index contributed by atoms with van der Waals surface area (Å²) in [5.41, 5.74) is 2.71. The highest BCUT2D eigenvalue weighted by atomic mass is 79.9. The van der Waals surface area contributed by atoms with Crippen LogP contribution in [0.2, 0.25) is 5.02 Å². The normalized spacial score (nSPS) is 14.8. The second-order valence-electron chi connectivity index (χ2n) is 6.42. The molecule has 0 radical (unpaired) electrons. The molecule has 0 amide bonds. The maximum atomic E-state index is 9.10. The minimum Gasteiger partial charge on any atom is -0.473 e. The molecule has 0 spiro atoms. The monoisotopic (exact) mass is 468 g/mol. The van der Waals surface area contributed by atoms with E-state index in [4.69, 9.17) is 31.4 Å². The fourth-order valence-corrected chi connectivity index (χ4v) is 3.42. The van der Waals surface area contributed by atoms with Gasteiger partial charge in [0.2, 0.25) is 0 Å². The van der Waals surface area contributed by atoms with E-state index >= 15 is 0 Å². The molecular formula is C20H22BrClN2O4. The summed E-state index contributed by atoms with van der Waals surface area (Å²) in [5, 5.41) is 15.6. The lowest BCUT2D eigenvalue weighted by Gasteiger charge is -2.34. The third kappa shape index (κ3) is 7.98. The summed E-state index contributed by atoms with van der Waals surface area (Å²) in [5.74, 6) is -3.65. The third-order valence-corrected chi connectivity index (χ3v) is 5.01. The van der Waals surface area contributed by atoms with Gasteiger partial charge in [0.05, 0.1) is 0 Å². The quantitative estimate of drug-likeness (QED) is 0.666. The largest absolute Gasteiger partial charge is 0.473 e. The predicted octanol–water partition coefficient (Wildman–Crippen LogP) is 3.58. The van der Waals surface area contributed by atoms with Gasteiger partial charge in [-0.05, 0) is 35.4 Å². The number of aliphatic carboxylic acids is 2. The maximum Gasteiger partial charge on any atom is 0.414 e. The van der Waals surface area contributed by atoms with Crippen molar-refractivity contribution in [3.8, 4) is 0 Å². The Bertz CT molecular complexity index is 781. The summed E-state index contributed by atoms with van der Waals surface area (Å²) in [6.45, 7) is 6.55. The van der Waals surface area contributed by atoms with Crippen LogP contribution in [0, 0.1) is 0 Å². The minimum absolute atomic E-state index is 0.808. The Morgan fingerprint density at radius 2 is 1.36 bits per heavy atom. The van der Waals surface area contributed by atoms with Crippen molar-refractivity contribution in [3.05, 3.63) is 69.2 Å². The summed E-state index contributed by atoms with van der Waals surface area (Å²) < 4.78 is 1.16. The van der Waals surface area contributed by atoms with E-state index in [-0.39, 0.29) is 0 Å². The van der Waals surface area contributed by atoms with Gasteiger partial charge in [0.1, 0.15) is 0 Å². The summed E-state index contributed by atoms with van der Waals surface area (Å²) in [4.78, 5) is 23.2. The van der Waals surface area contributed by atoms with Crippen molar-refractivity contribution in [3.63, 3.8) is 0 Å². The van der Waals surface area contributed by atoms with E-state index in [1.54, 1.807) is 0 Å². The van der Waals surface area contributed by atoms with Gasteiger partial charge in [0, 0.05) is 48.8 Å². The summed E-state index contributed by atoms with van der Waals surface area (Å²) >= 11 is 9.48. The zero-order valence-corrected chi connectivity index (χ0v) is 17.6. The van der Waals surface area contributed by atoms with Crippen molar-refractivity contribution in [1.82, 2.24) is 9.80 Å². The van der Waals surface area contributed by atoms with Crippen LogP contribution in [-0.4, -0.2) is 58.1 Å². The van der Waals surface area contributed by atoms with Crippen molar-refractivity contribution in [2.24, 2.45) is 0 Å². The van der Waals surface area contributed by atoms with E-state index in [1.807, 2.05) is 12.1 Å². The SMILES string of the molecule is Clc1ccc(CN2CCN(Cc3cccc(Br)c3)CC2)cc1.O=C(O)C(=O)O. The molecule has 2 aromatic rings. The van der Waals surface area contributed by atoms with E-state index in [9.17, 15) is 0 Å². The van der Waals surface area contributed by atoms with Crippen molar-refractivity contribution in [2.75, 3.05) is 26.2 Å². The number of nitrogens with zero attached hydrogens (tertiary/aromatic N) is 2. The number of piperazine rings is 1. The molecule has 0 unspecified atom stereocenters. The Kier molecular flexibility index (Phi) is 8.92. The zero-order chi connectivity index (χ0) is 20.5. The first-order chi connectivity index (χ1) is 13.3. The lowest BCUT2D eigenvalue weighted by molar-refractivity contribution is -0.159. The molecule has 2 aromatic carbocycles. The van der Waals surface area contributed by atoms with E-state index in [0.29, 0.717) is 0 Å². The molecule has 8 heteroatoms. The number of halogens is 2. The van der Waals surface area contributed by atoms with Gasteiger partial charge in [-0.15, -0.1) is 0 Å². The molecule has 1 aliphatic rings. The topological polar surface area (TPSA) is 81.1 Å². The molecule has 28 heavy (non-hydrogen) atoms. The number of benzene rings is 2.